The van der Waals surface area contributed by atoms with Crippen molar-refractivity contribution in [2.45, 2.75) is 18.6 Å². The Morgan fingerprint density at radius 3 is 2.56 bits per heavy atom. The number of halogens is 3. The van der Waals surface area contributed by atoms with Crippen LogP contribution in [0, 0.1) is 0 Å². The molecule has 0 spiro atoms. The largest absolute Gasteiger partial charge is 0.454 e. The molecule has 25 heavy (non-hydrogen) atoms. The molecule has 1 atom stereocenters. The lowest BCUT2D eigenvalue weighted by Crippen LogP contribution is -2.37. The third kappa shape index (κ3) is 6.20. The molecule has 0 radical (unpaired) electrons. The van der Waals surface area contributed by atoms with Gasteiger partial charge in [0.25, 0.3) is 5.91 Å². The van der Waals surface area contributed by atoms with Crippen molar-refractivity contribution in [3.8, 4) is 0 Å². The number of hydrogen-bond acceptors (Lipinski definition) is 6. The fourth-order valence-corrected chi connectivity index (χ4v) is 1.92. The van der Waals surface area contributed by atoms with Gasteiger partial charge in [0, 0.05) is 6.42 Å². The monoisotopic (exact) mass is 357 g/mol. The molecule has 1 aromatic heterocycles. The van der Waals surface area contributed by atoms with Crippen LogP contribution in [0.3, 0.4) is 0 Å². The van der Waals surface area contributed by atoms with Crippen LogP contribution in [0.25, 0.3) is 0 Å². The molecule has 1 N–H and O–H groups in total. The van der Waals surface area contributed by atoms with Gasteiger partial charge >= 0.3 is 12.1 Å². The molecule has 0 aliphatic heterocycles. The number of ether oxygens (including phenoxy) is 1. The van der Waals surface area contributed by atoms with Crippen LogP contribution >= 0.6 is 0 Å². The summed E-state index contributed by atoms with van der Waals surface area (Å²) in [5.74, 6) is -1.89. The van der Waals surface area contributed by atoms with E-state index in [1.165, 1.54) is 6.33 Å². The fourth-order valence-electron chi connectivity index (χ4n) is 1.92. The van der Waals surface area contributed by atoms with Gasteiger partial charge in [0.15, 0.2) is 12.6 Å². The normalized spacial score (nSPS) is 12.4. The quantitative estimate of drug-likeness (QED) is 0.732. The predicted octanol–water partition coefficient (Wildman–Crippen LogP) is 0.679. The van der Waals surface area contributed by atoms with Crippen molar-refractivity contribution in [1.29, 1.82) is 0 Å². The Hall–Kier alpha value is -2.98. The zero-order valence-corrected chi connectivity index (χ0v) is 12.8. The summed E-state index contributed by atoms with van der Waals surface area (Å²) in [7, 11) is 0. The summed E-state index contributed by atoms with van der Waals surface area (Å²) in [4.78, 5) is 23.5. The summed E-state index contributed by atoms with van der Waals surface area (Å²) in [6, 6.07) is 7.97. The molecule has 0 bridgehead atoms. The molecule has 0 saturated carbocycles. The van der Waals surface area contributed by atoms with Gasteiger partial charge in [-0.25, -0.2) is 9.48 Å². The molecule has 2 rings (SSSR count). The average Bonchev–Trinajstić information content (AvgIpc) is 3.10. The van der Waals surface area contributed by atoms with Crippen LogP contribution in [0.5, 0.6) is 0 Å². The minimum Gasteiger partial charge on any atom is -0.454 e. The van der Waals surface area contributed by atoms with E-state index in [-0.39, 0.29) is 6.42 Å². The SMILES string of the molecule is O=C(COC(=O)[C@@H](Cc1ccccc1)n1cnnn1)NCC(F)(F)F. The van der Waals surface area contributed by atoms with E-state index in [1.54, 1.807) is 35.6 Å². The minimum atomic E-state index is -4.54. The zero-order valence-electron chi connectivity index (χ0n) is 12.8. The summed E-state index contributed by atoms with van der Waals surface area (Å²) in [5, 5.41) is 12.1. The number of alkyl halides is 3. The van der Waals surface area contributed by atoms with Crippen molar-refractivity contribution >= 4 is 11.9 Å². The van der Waals surface area contributed by atoms with E-state index in [4.69, 9.17) is 4.74 Å². The first kappa shape index (κ1) is 18.4. The average molecular weight is 357 g/mol. The summed E-state index contributed by atoms with van der Waals surface area (Å²) < 4.78 is 42.0. The third-order valence-electron chi connectivity index (χ3n) is 3.06. The minimum absolute atomic E-state index is 0.189. The molecule has 0 unspecified atom stereocenters. The lowest BCUT2D eigenvalue weighted by Gasteiger charge is -2.15. The van der Waals surface area contributed by atoms with Crippen LogP contribution < -0.4 is 5.32 Å². The van der Waals surface area contributed by atoms with Crippen molar-refractivity contribution in [2.24, 2.45) is 0 Å². The van der Waals surface area contributed by atoms with E-state index < -0.39 is 37.2 Å². The highest BCUT2D eigenvalue weighted by Crippen LogP contribution is 2.15. The van der Waals surface area contributed by atoms with E-state index in [1.807, 2.05) is 0 Å². The van der Waals surface area contributed by atoms with Crippen LogP contribution in [0.2, 0.25) is 0 Å². The van der Waals surface area contributed by atoms with Crippen LogP contribution in [-0.4, -0.2) is 51.4 Å². The Bertz CT molecular complexity index is 691. The van der Waals surface area contributed by atoms with Gasteiger partial charge in [-0.3, -0.25) is 4.79 Å². The highest BCUT2D eigenvalue weighted by atomic mass is 19.4. The number of benzene rings is 1. The van der Waals surface area contributed by atoms with Crippen molar-refractivity contribution in [3.63, 3.8) is 0 Å². The predicted molar refractivity (Wildman–Crippen MR) is 77.0 cm³/mol. The number of tetrazole rings is 1. The van der Waals surface area contributed by atoms with Crippen LogP contribution in [0.4, 0.5) is 13.2 Å². The zero-order chi connectivity index (χ0) is 18.3. The summed E-state index contributed by atoms with van der Waals surface area (Å²) in [5.41, 5.74) is 0.793. The maximum atomic E-state index is 12.2. The number of nitrogens with one attached hydrogen (secondary N) is 1. The van der Waals surface area contributed by atoms with E-state index in [9.17, 15) is 22.8 Å². The molecule has 11 heteroatoms. The van der Waals surface area contributed by atoms with E-state index in [0.29, 0.717) is 0 Å². The molecule has 1 amide bonds. The first-order valence-corrected chi connectivity index (χ1v) is 7.11. The van der Waals surface area contributed by atoms with Gasteiger partial charge in [0.1, 0.15) is 12.9 Å². The second-order valence-electron chi connectivity index (χ2n) is 4.99. The van der Waals surface area contributed by atoms with E-state index in [2.05, 4.69) is 15.5 Å². The van der Waals surface area contributed by atoms with Gasteiger partial charge in [-0.15, -0.1) is 5.10 Å². The van der Waals surface area contributed by atoms with Gasteiger partial charge in [-0.05, 0) is 16.0 Å². The molecule has 0 fully saturated rings. The van der Waals surface area contributed by atoms with Gasteiger partial charge in [0.2, 0.25) is 0 Å². The number of carbonyl (C=O) groups excluding carboxylic acids is 2. The van der Waals surface area contributed by atoms with Crippen molar-refractivity contribution in [2.75, 3.05) is 13.2 Å². The topological polar surface area (TPSA) is 99.0 Å². The number of esters is 1. The molecule has 1 heterocycles. The number of aromatic nitrogens is 4. The summed E-state index contributed by atoms with van der Waals surface area (Å²) >= 11 is 0. The Labute approximate surface area is 140 Å². The Morgan fingerprint density at radius 2 is 1.96 bits per heavy atom. The third-order valence-corrected chi connectivity index (χ3v) is 3.06. The van der Waals surface area contributed by atoms with Crippen molar-refractivity contribution < 1.29 is 27.5 Å². The second-order valence-corrected chi connectivity index (χ2v) is 4.99. The fraction of sp³-hybridized carbons (Fsp3) is 0.357. The van der Waals surface area contributed by atoms with Crippen molar-refractivity contribution in [3.05, 3.63) is 42.2 Å². The first-order chi connectivity index (χ1) is 11.8. The highest BCUT2D eigenvalue weighted by Gasteiger charge is 2.28. The molecule has 134 valence electrons. The molecule has 8 nitrogen and oxygen atoms in total. The lowest BCUT2D eigenvalue weighted by molar-refractivity contribution is -0.154. The Morgan fingerprint density at radius 1 is 1.24 bits per heavy atom. The maximum absolute atomic E-state index is 12.2. The maximum Gasteiger partial charge on any atom is 0.405 e. The molecular formula is C14H14F3N5O3. The van der Waals surface area contributed by atoms with Gasteiger partial charge in [0.05, 0.1) is 0 Å². The molecule has 0 aliphatic rings. The highest BCUT2D eigenvalue weighted by molar-refractivity contribution is 5.81. The molecular weight excluding hydrogens is 343 g/mol. The van der Waals surface area contributed by atoms with E-state index in [0.717, 1.165) is 10.2 Å². The van der Waals surface area contributed by atoms with Gasteiger partial charge < -0.3 is 10.1 Å². The number of hydrogen-bond donors (Lipinski definition) is 1. The van der Waals surface area contributed by atoms with Gasteiger partial charge in [-0.2, -0.15) is 13.2 Å². The molecule has 1 aromatic carbocycles. The standard InChI is InChI=1S/C14H14F3N5O3/c15-14(16,17)8-18-12(23)7-25-13(24)11(22-9-19-20-21-22)6-10-4-2-1-3-5-10/h1-5,9,11H,6-8H2,(H,18,23)/t11-/m1/s1. The summed E-state index contributed by atoms with van der Waals surface area (Å²) in [6.07, 6.45) is -3.14. The van der Waals surface area contributed by atoms with Gasteiger partial charge in [-0.1, -0.05) is 30.3 Å². The molecule has 0 saturated heterocycles. The smallest absolute Gasteiger partial charge is 0.405 e. The Balaban J connectivity index is 1.95. The van der Waals surface area contributed by atoms with Crippen LogP contribution in [0.15, 0.2) is 36.7 Å². The Kier molecular flexibility index (Phi) is 6.03. The van der Waals surface area contributed by atoms with Crippen molar-refractivity contribution in [1.82, 2.24) is 25.5 Å². The molecule has 2 aromatic rings. The summed E-state index contributed by atoms with van der Waals surface area (Å²) in [6.45, 7) is -2.33. The van der Waals surface area contributed by atoms with E-state index >= 15 is 0 Å². The second kappa shape index (κ2) is 8.22. The van der Waals surface area contributed by atoms with Crippen LogP contribution in [0.1, 0.15) is 11.6 Å². The number of amides is 1. The van der Waals surface area contributed by atoms with Crippen LogP contribution in [-0.2, 0) is 20.7 Å². The number of carbonyl (C=O) groups is 2. The number of rotatable bonds is 7. The molecule has 0 aliphatic carbocycles. The number of nitrogens with zero attached hydrogens (tertiary/aromatic N) is 4. The first-order valence-electron chi connectivity index (χ1n) is 7.11. The lowest BCUT2D eigenvalue weighted by atomic mass is 10.1.